The van der Waals surface area contributed by atoms with Crippen molar-refractivity contribution in [1.29, 1.82) is 0 Å². The van der Waals surface area contributed by atoms with Crippen LogP contribution in [0.25, 0.3) is 44.5 Å². The number of hydrogen-bond acceptors (Lipinski definition) is 8. The van der Waals surface area contributed by atoms with Crippen molar-refractivity contribution in [3.05, 3.63) is 212 Å². The summed E-state index contributed by atoms with van der Waals surface area (Å²) < 4.78 is 29.2. The van der Waals surface area contributed by atoms with Crippen molar-refractivity contribution in [2.75, 3.05) is 78.8 Å². The fourth-order valence-electron chi connectivity index (χ4n) is 16.0. The molecule has 12 heteroatoms. The van der Waals surface area contributed by atoms with Crippen LogP contribution >= 0.6 is 0 Å². The zero-order valence-corrected chi connectivity index (χ0v) is 70.4. The Morgan fingerprint density at radius 1 is 0.232 bits per heavy atom. The lowest BCUT2D eigenvalue weighted by atomic mass is 9.86. The van der Waals surface area contributed by atoms with E-state index in [0.717, 1.165) is 140 Å². The third-order valence-electron chi connectivity index (χ3n) is 22.7. The van der Waals surface area contributed by atoms with Crippen LogP contribution in [0.1, 0.15) is 253 Å². The van der Waals surface area contributed by atoms with Crippen LogP contribution in [-0.4, -0.2) is 122 Å². The van der Waals surface area contributed by atoms with Gasteiger partial charge in [-0.1, -0.05) is 202 Å². The molecule has 0 saturated carbocycles. The maximum atomic E-state index is 14.7. The van der Waals surface area contributed by atoms with E-state index in [9.17, 15) is 19.2 Å². The van der Waals surface area contributed by atoms with Gasteiger partial charge in [-0.25, -0.2) is 0 Å². The van der Waals surface area contributed by atoms with Crippen LogP contribution in [0.2, 0.25) is 0 Å². The summed E-state index contributed by atoms with van der Waals surface area (Å²) in [5.74, 6) is 1.73. The van der Waals surface area contributed by atoms with Gasteiger partial charge in [0.1, 0.15) is 23.0 Å². The van der Waals surface area contributed by atoms with E-state index >= 15 is 0 Å². The highest BCUT2D eigenvalue weighted by Gasteiger charge is 2.29. The Labute approximate surface area is 673 Å². The summed E-state index contributed by atoms with van der Waals surface area (Å²) in [5, 5.41) is 0. The maximum Gasteiger partial charge on any atom is 0.260 e. The van der Waals surface area contributed by atoms with Crippen LogP contribution in [0.5, 0.6) is 23.0 Å². The quantitative estimate of drug-likeness (QED) is 0.0347. The molecule has 0 heterocycles. The van der Waals surface area contributed by atoms with Gasteiger partial charge in [-0.3, -0.25) is 19.2 Å². The average molecular weight is 1520 g/mol. The van der Waals surface area contributed by atoms with E-state index in [0.29, 0.717) is 75.4 Å². The summed E-state index contributed by atoms with van der Waals surface area (Å²) in [4.78, 5) is 66.0. The van der Waals surface area contributed by atoms with Gasteiger partial charge >= 0.3 is 0 Å². The number of ether oxygens (including phenoxy) is 4. The molecule has 600 valence electrons. The van der Waals surface area contributed by atoms with Crippen molar-refractivity contribution in [2.24, 2.45) is 0 Å². The number of amides is 4. The van der Waals surface area contributed by atoms with Gasteiger partial charge in [0, 0.05) is 78.0 Å². The first kappa shape index (κ1) is 86.8. The first-order valence-corrected chi connectivity index (χ1v) is 43.3. The van der Waals surface area contributed by atoms with Crippen molar-refractivity contribution in [1.82, 2.24) is 19.6 Å². The number of benzene rings is 8. The molecule has 0 atom stereocenters. The van der Waals surface area contributed by atoms with Crippen LogP contribution in [0.15, 0.2) is 146 Å². The van der Waals surface area contributed by atoms with Crippen LogP contribution in [0.4, 0.5) is 0 Å². The molecule has 8 aromatic carbocycles. The second-order valence-electron chi connectivity index (χ2n) is 30.7. The molecule has 0 aliphatic heterocycles. The maximum absolute atomic E-state index is 14.7. The zero-order chi connectivity index (χ0) is 79.7. The van der Waals surface area contributed by atoms with Gasteiger partial charge in [0.05, 0.1) is 0 Å². The number of nitrogens with zero attached hydrogens (tertiary/aromatic N) is 4. The Hall–Kier alpha value is -9.16. The summed E-state index contributed by atoms with van der Waals surface area (Å²) in [7, 11) is 0. The number of rotatable bonds is 44. The number of likely N-dealkylation sites (N-methyl/N-ethyl adjacent to an activating group) is 4. The number of carbonyl (C=O) groups excluding carboxylic acids is 4. The average Bonchev–Trinajstić information content (AvgIpc) is 0.763. The van der Waals surface area contributed by atoms with Crippen molar-refractivity contribution in [3.8, 4) is 67.5 Å². The van der Waals surface area contributed by atoms with Gasteiger partial charge in [0.2, 0.25) is 0 Å². The lowest BCUT2D eigenvalue weighted by molar-refractivity contribution is -0.133. The monoisotopic (exact) mass is 1520 g/mol. The van der Waals surface area contributed by atoms with Crippen molar-refractivity contribution in [3.63, 3.8) is 0 Å². The predicted molar refractivity (Wildman–Crippen MR) is 464 cm³/mol. The van der Waals surface area contributed by atoms with Crippen molar-refractivity contribution < 1.29 is 38.1 Å². The number of hydrogen-bond donors (Lipinski definition) is 0. The summed E-state index contributed by atoms with van der Waals surface area (Å²) in [6.45, 7) is 28.3. The molecule has 1 aliphatic rings. The fourth-order valence-corrected chi connectivity index (χ4v) is 16.0. The predicted octanol–water partition coefficient (Wildman–Crippen LogP) is 22.5. The van der Waals surface area contributed by atoms with Crippen LogP contribution < -0.4 is 18.9 Å². The minimum absolute atomic E-state index is 0.132. The molecule has 8 aromatic rings. The molecule has 0 radical (unpaired) electrons. The molecular weight excluding hydrogens is 1390 g/mol. The SMILES string of the molecule is CCCCCCc1ccc(-c2cc3c(OCC(=O)N(CC)CC)c(c2)Cc2cc(-c4ccc(CCCCCC)cc4)cc(c2OCC(=O)N(CC)CC)Cc2cc(-c4ccc(CCCCCC)cc4)cc(c2OCC(=O)N(CC)CC)Cc2cc(-c4ccc(CCCCCC)cc4)cc(c2OCC(=O)N(CC)CC)C3)cc1. The molecule has 0 unspecified atom stereocenters. The molecule has 0 fully saturated rings. The first-order chi connectivity index (χ1) is 54.6. The Kier molecular flexibility index (Phi) is 35.3. The molecule has 1 aliphatic carbocycles. The minimum Gasteiger partial charge on any atom is -0.483 e. The highest BCUT2D eigenvalue weighted by atomic mass is 16.5. The van der Waals surface area contributed by atoms with Crippen LogP contribution in [0.3, 0.4) is 0 Å². The van der Waals surface area contributed by atoms with E-state index in [1.807, 2.05) is 75.0 Å². The summed E-state index contributed by atoms with van der Waals surface area (Å²) in [5.41, 5.74) is 19.7. The van der Waals surface area contributed by atoms with Gasteiger partial charge in [-0.2, -0.15) is 0 Å². The van der Waals surface area contributed by atoms with E-state index in [4.69, 9.17) is 18.9 Å². The molecule has 0 aromatic heterocycles. The number of carbonyl (C=O) groups is 4. The van der Waals surface area contributed by atoms with Gasteiger partial charge in [-0.15, -0.1) is 0 Å². The molecule has 9 rings (SSSR count). The number of unbranched alkanes of at least 4 members (excludes halogenated alkanes) is 12. The van der Waals surface area contributed by atoms with E-state index in [1.165, 1.54) is 99.3 Å². The molecule has 0 spiro atoms. The van der Waals surface area contributed by atoms with Crippen molar-refractivity contribution >= 4 is 23.6 Å². The van der Waals surface area contributed by atoms with E-state index in [1.54, 1.807) is 0 Å². The fraction of sp³-hybridized carbons (Fsp3) is 0.480. The highest BCUT2D eigenvalue weighted by Crippen LogP contribution is 2.45. The molecule has 12 nitrogen and oxygen atoms in total. The topological polar surface area (TPSA) is 118 Å². The molecular formula is C100H132N4O8. The van der Waals surface area contributed by atoms with Crippen LogP contribution in [-0.2, 0) is 70.5 Å². The molecule has 112 heavy (non-hydrogen) atoms. The van der Waals surface area contributed by atoms with E-state index in [2.05, 4.69) is 173 Å². The lowest BCUT2D eigenvalue weighted by Gasteiger charge is -2.26. The van der Waals surface area contributed by atoms with Gasteiger partial charge in [0.15, 0.2) is 26.4 Å². The summed E-state index contributed by atoms with van der Waals surface area (Å²) in [6.07, 6.45) is 23.7. The van der Waals surface area contributed by atoms with E-state index < -0.39 is 0 Å². The minimum atomic E-state index is -0.221. The third kappa shape index (κ3) is 24.4. The Bertz CT molecular complexity index is 3620. The second kappa shape index (κ2) is 45.5. The normalized spacial score (nSPS) is 11.8. The van der Waals surface area contributed by atoms with Gasteiger partial charge < -0.3 is 38.5 Å². The van der Waals surface area contributed by atoms with Gasteiger partial charge in [-0.05, 0) is 267 Å². The van der Waals surface area contributed by atoms with E-state index in [-0.39, 0.29) is 75.7 Å². The Morgan fingerprint density at radius 2 is 0.402 bits per heavy atom. The summed E-state index contributed by atoms with van der Waals surface area (Å²) in [6, 6.07) is 54.0. The largest absolute Gasteiger partial charge is 0.483 e. The standard InChI is InChI=1S/C100H132N4O8/c1-13-25-29-33-37-73-41-49-77(50-42-73)81-57-85-65-87-59-82(78-51-43-74(44-52-78)38-34-30-26-14-2)61-89(98(87)110-70-94(106)102(19-7)20-8)67-91-63-84(80-55-47-76(48-56-80)40-36-32-28-16-4)64-92(100(91)112-72-96(108)104(23-11)24-12)68-90-62-83(79-53-45-75(46-54-79)39-35-31-27-15-3)60-88(99(90)111-71-95(107)103(21-9)22-10)66-86(58-81)97(85)109-69-93(105)101(17-5)18-6/h41-64H,13-40,65-72H2,1-12H3. The number of fused-ring (bicyclic) bond motifs is 8. The molecule has 8 bridgehead atoms. The smallest absolute Gasteiger partial charge is 0.260 e. The Balaban J connectivity index is 1.44. The Morgan fingerprint density at radius 3 is 0.554 bits per heavy atom. The first-order valence-electron chi connectivity index (χ1n) is 43.3. The highest BCUT2D eigenvalue weighted by molar-refractivity contribution is 5.82. The molecule has 4 amide bonds. The van der Waals surface area contributed by atoms with Crippen LogP contribution in [0, 0.1) is 0 Å². The second-order valence-corrected chi connectivity index (χ2v) is 30.7. The zero-order valence-electron chi connectivity index (χ0n) is 70.4. The lowest BCUT2D eigenvalue weighted by Crippen LogP contribution is -2.35. The number of aryl methyl sites for hydroxylation is 4. The van der Waals surface area contributed by atoms with Gasteiger partial charge in [0.25, 0.3) is 23.6 Å². The van der Waals surface area contributed by atoms with Crippen molar-refractivity contribution in [2.45, 2.75) is 237 Å². The third-order valence-corrected chi connectivity index (χ3v) is 22.7. The molecule has 0 saturated heterocycles. The summed E-state index contributed by atoms with van der Waals surface area (Å²) >= 11 is 0. The molecule has 0 N–H and O–H groups in total.